The highest BCUT2D eigenvalue weighted by Crippen LogP contribution is 2.44. The fourth-order valence-electron chi connectivity index (χ4n) is 6.71. The maximum absolute atomic E-state index is 13.3. The van der Waals surface area contributed by atoms with Gasteiger partial charge >= 0.3 is 12.1 Å². The Hall–Kier alpha value is -5.40. The van der Waals surface area contributed by atoms with Crippen LogP contribution in [0.5, 0.6) is 23.0 Å². The summed E-state index contributed by atoms with van der Waals surface area (Å²) in [5, 5.41) is 2.46. The maximum atomic E-state index is 13.3. The third kappa shape index (κ3) is 12.1. The lowest BCUT2D eigenvalue weighted by atomic mass is 9.87. The number of esters is 1. The number of hydrogen-bond donors (Lipinski definition) is 1. The zero-order valence-electron chi connectivity index (χ0n) is 36.4. The van der Waals surface area contributed by atoms with Gasteiger partial charge in [0.1, 0.15) is 46.1 Å². The summed E-state index contributed by atoms with van der Waals surface area (Å²) < 4.78 is 41.0. The van der Waals surface area contributed by atoms with Crippen LogP contribution < -0.4 is 29.2 Å². The van der Waals surface area contributed by atoms with Crippen molar-refractivity contribution in [2.24, 2.45) is 0 Å². The van der Waals surface area contributed by atoms with Crippen LogP contribution in [0.25, 0.3) is 0 Å². The topological polar surface area (TPSA) is 131 Å². The van der Waals surface area contributed by atoms with Crippen LogP contribution in [0.15, 0.2) is 77.7 Å². The second-order valence-electron chi connectivity index (χ2n) is 16.0. The number of nitrogens with one attached hydrogen (secondary N) is 1. The number of benzene rings is 4. The quantitative estimate of drug-likeness (QED) is 0.0620. The lowest BCUT2D eigenvalue weighted by molar-refractivity contribution is -0.142. The molecule has 1 heterocycles. The zero-order valence-corrected chi connectivity index (χ0v) is 37.2. The predicted octanol–water partition coefficient (Wildman–Crippen LogP) is 9.41. The first kappa shape index (κ1) is 45.7. The van der Waals surface area contributed by atoms with E-state index >= 15 is 0 Å². The van der Waals surface area contributed by atoms with Gasteiger partial charge in [0.15, 0.2) is 13.4 Å². The van der Waals surface area contributed by atoms with Crippen molar-refractivity contribution in [1.29, 1.82) is 0 Å². The number of carbonyl (C=O) groups excluding carboxylic acids is 3. The summed E-state index contributed by atoms with van der Waals surface area (Å²) in [6.07, 6.45) is 1.33. The Morgan fingerprint density at radius 1 is 0.917 bits per heavy atom. The molecule has 1 aliphatic heterocycles. The van der Waals surface area contributed by atoms with E-state index in [-0.39, 0.29) is 26.0 Å². The highest BCUT2D eigenvalue weighted by molar-refractivity contribution is 8.00. The van der Waals surface area contributed by atoms with Crippen molar-refractivity contribution in [2.75, 3.05) is 51.0 Å². The number of methoxy groups -OCH3 is 1. The molecule has 5 rings (SSSR count). The summed E-state index contributed by atoms with van der Waals surface area (Å²) in [7, 11) is 3.18. The molecule has 12 nitrogen and oxygen atoms in total. The van der Waals surface area contributed by atoms with Gasteiger partial charge in [-0.2, -0.15) is 0 Å². The number of anilines is 2. The number of carbonyl (C=O) groups is 3. The first-order valence-electron chi connectivity index (χ1n) is 20.1. The normalized spacial score (nSPS) is 15.2. The van der Waals surface area contributed by atoms with Gasteiger partial charge in [0, 0.05) is 30.7 Å². The van der Waals surface area contributed by atoms with Crippen molar-refractivity contribution < 1.29 is 47.5 Å². The summed E-state index contributed by atoms with van der Waals surface area (Å²) in [6.45, 7) is 15.7. The number of amides is 2. The smallest absolute Gasteiger partial charge is 0.414 e. The van der Waals surface area contributed by atoms with Crippen LogP contribution in [0.3, 0.4) is 0 Å². The molecule has 4 aromatic carbocycles. The molecule has 0 spiro atoms. The molecular weight excluding hydrogens is 785 g/mol. The van der Waals surface area contributed by atoms with Gasteiger partial charge in [-0.05, 0) is 133 Å². The highest BCUT2D eigenvalue weighted by Gasteiger charge is 2.36. The molecule has 0 fully saturated rings. The SMILES string of the molecule is CCOC(=O)C(Cc1ccc(OCC(=O)Nc2ccc(OCC3(C)CCc4c(C)c(OCOC)c(C)c(C)c4O3)cc2N(C)C(=O)OC(C)(C)C)cc1)Sc1ccccc1. The number of nitrogens with zero attached hydrogens (tertiary/aromatic N) is 1. The van der Waals surface area contributed by atoms with Gasteiger partial charge < -0.3 is 38.5 Å². The van der Waals surface area contributed by atoms with Crippen LogP contribution in [-0.4, -0.2) is 75.2 Å². The zero-order chi connectivity index (χ0) is 43.6. The van der Waals surface area contributed by atoms with E-state index in [1.54, 1.807) is 72.2 Å². The number of rotatable bonds is 17. The molecule has 60 heavy (non-hydrogen) atoms. The summed E-state index contributed by atoms with van der Waals surface area (Å²) in [4.78, 5) is 41.7. The van der Waals surface area contributed by atoms with Crippen LogP contribution >= 0.6 is 11.8 Å². The Labute approximate surface area is 358 Å². The number of fused-ring (bicyclic) bond motifs is 1. The summed E-state index contributed by atoms with van der Waals surface area (Å²) >= 11 is 1.46. The minimum atomic E-state index is -0.749. The predicted molar refractivity (Wildman–Crippen MR) is 234 cm³/mol. The monoisotopic (exact) mass is 842 g/mol. The first-order chi connectivity index (χ1) is 28.5. The standard InChI is InChI=1S/C47H58N2O10S/c1-11-54-44(51)40(60-36-15-13-12-14-16-36)25-33-17-19-34(20-18-33)55-27-41(50)48-38-22-21-35(26-39(38)49(9)45(52)59-46(5,6)7)56-28-47(8)24-23-37-32(4)42(57-29-53-10)30(2)31(3)43(37)58-47/h12-22,26,40H,11,23-25,27-29H2,1-10H3,(H,48,50). The van der Waals surface area contributed by atoms with Crippen LogP contribution in [0.1, 0.15) is 68.9 Å². The van der Waals surface area contributed by atoms with Gasteiger partial charge in [-0.25, -0.2) is 4.79 Å². The van der Waals surface area contributed by atoms with E-state index in [1.807, 2.05) is 70.2 Å². The third-order valence-electron chi connectivity index (χ3n) is 9.99. The molecule has 322 valence electrons. The van der Waals surface area contributed by atoms with Crippen molar-refractivity contribution in [2.45, 2.75) is 96.0 Å². The van der Waals surface area contributed by atoms with E-state index in [2.05, 4.69) is 5.32 Å². The fourth-order valence-corrected chi connectivity index (χ4v) is 7.79. The number of ether oxygens (including phenoxy) is 7. The van der Waals surface area contributed by atoms with Gasteiger partial charge in [-0.15, -0.1) is 11.8 Å². The largest absolute Gasteiger partial charge is 0.489 e. The minimum absolute atomic E-state index is 0.167. The molecule has 1 aliphatic rings. The molecular formula is C47H58N2O10S. The average molecular weight is 843 g/mol. The summed E-state index contributed by atoms with van der Waals surface area (Å²) in [5.41, 5.74) is 4.42. The van der Waals surface area contributed by atoms with E-state index in [9.17, 15) is 14.4 Å². The van der Waals surface area contributed by atoms with Crippen LogP contribution in [0.4, 0.5) is 16.2 Å². The maximum Gasteiger partial charge on any atom is 0.414 e. The molecule has 2 atom stereocenters. The van der Waals surface area contributed by atoms with E-state index < -0.39 is 28.5 Å². The molecule has 0 saturated heterocycles. The molecule has 1 N–H and O–H groups in total. The molecule has 13 heteroatoms. The summed E-state index contributed by atoms with van der Waals surface area (Å²) in [6, 6.07) is 22.1. The number of thioether (sulfide) groups is 1. The van der Waals surface area contributed by atoms with E-state index in [1.165, 1.54) is 16.7 Å². The van der Waals surface area contributed by atoms with E-state index in [4.69, 9.17) is 33.2 Å². The van der Waals surface area contributed by atoms with Crippen LogP contribution in [0, 0.1) is 20.8 Å². The highest BCUT2D eigenvalue weighted by atomic mass is 32.2. The van der Waals surface area contributed by atoms with Gasteiger partial charge in [-0.3, -0.25) is 14.5 Å². The molecule has 4 aromatic rings. The molecule has 0 aliphatic carbocycles. The van der Waals surface area contributed by atoms with Gasteiger partial charge in [-0.1, -0.05) is 30.3 Å². The summed E-state index contributed by atoms with van der Waals surface area (Å²) in [5.74, 6) is 1.91. The second kappa shape index (κ2) is 20.2. The van der Waals surface area contributed by atoms with E-state index in [0.29, 0.717) is 42.3 Å². The molecule has 0 saturated carbocycles. The van der Waals surface area contributed by atoms with Gasteiger partial charge in [0.05, 0.1) is 18.0 Å². The minimum Gasteiger partial charge on any atom is -0.489 e. The Bertz CT molecular complexity index is 2120. The van der Waals surface area contributed by atoms with Crippen LogP contribution in [0.2, 0.25) is 0 Å². The first-order valence-corrected chi connectivity index (χ1v) is 21.0. The molecule has 0 radical (unpaired) electrons. The van der Waals surface area contributed by atoms with Gasteiger partial charge in [0.2, 0.25) is 0 Å². The Morgan fingerprint density at radius 3 is 2.28 bits per heavy atom. The number of hydrogen-bond acceptors (Lipinski definition) is 11. The van der Waals surface area contributed by atoms with Crippen molar-refractivity contribution in [3.05, 3.63) is 101 Å². The Morgan fingerprint density at radius 2 is 1.62 bits per heavy atom. The molecule has 2 unspecified atom stereocenters. The van der Waals surface area contributed by atoms with Crippen molar-refractivity contribution in [3.63, 3.8) is 0 Å². The van der Waals surface area contributed by atoms with Crippen LogP contribution in [-0.2, 0) is 36.6 Å². The molecule has 0 bridgehead atoms. The van der Waals surface area contributed by atoms with Crippen molar-refractivity contribution in [3.8, 4) is 23.0 Å². The fraction of sp³-hybridized carbons (Fsp3) is 0.426. The van der Waals surface area contributed by atoms with Gasteiger partial charge in [0.25, 0.3) is 5.91 Å². The van der Waals surface area contributed by atoms with Crippen molar-refractivity contribution >= 4 is 41.1 Å². The lowest BCUT2D eigenvalue weighted by Gasteiger charge is -2.38. The van der Waals surface area contributed by atoms with E-state index in [0.717, 1.165) is 50.6 Å². The average Bonchev–Trinajstić information content (AvgIpc) is 3.21. The van der Waals surface area contributed by atoms with Crippen molar-refractivity contribution in [1.82, 2.24) is 0 Å². The molecule has 0 aromatic heterocycles. The molecule has 2 amide bonds. The Balaban J connectivity index is 1.26. The second-order valence-corrected chi connectivity index (χ2v) is 17.3. The Kier molecular flexibility index (Phi) is 15.4. The third-order valence-corrected chi connectivity index (χ3v) is 11.2. The lowest BCUT2D eigenvalue weighted by Crippen LogP contribution is -2.42.